The van der Waals surface area contributed by atoms with E-state index in [4.69, 9.17) is 5.11 Å². The predicted molar refractivity (Wildman–Crippen MR) is 61.8 cm³/mol. The number of hydrogen-bond acceptors (Lipinski definition) is 3. The first kappa shape index (κ1) is 13.1. The van der Waals surface area contributed by atoms with Crippen LogP contribution in [0.4, 0.5) is 8.78 Å². The Bertz CT molecular complexity index is 625. The molecule has 1 aromatic carbocycles. The van der Waals surface area contributed by atoms with Gasteiger partial charge >= 0.3 is 5.97 Å². The number of rotatable bonds is 4. The second-order valence-electron chi connectivity index (χ2n) is 3.91. The maximum atomic E-state index is 13.5. The average Bonchev–Trinajstić information content (AvgIpc) is 2.78. The predicted octanol–water partition coefficient (Wildman–Crippen LogP) is 1.87. The summed E-state index contributed by atoms with van der Waals surface area (Å²) >= 11 is 0. The van der Waals surface area contributed by atoms with Crippen molar-refractivity contribution < 1.29 is 18.7 Å². The molecule has 19 heavy (non-hydrogen) atoms. The summed E-state index contributed by atoms with van der Waals surface area (Å²) in [5, 5.41) is 16.1. The molecule has 1 aromatic heterocycles. The lowest BCUT2D eigenvalue weighted by Crippen LogP contribution is -2.10. The zero-order valence-corrected chi connectivity index (χ0v) is 10.1. The van der Waals surface area contributed by atoms with Crippen LogP contribution in [0.2, 0.25) is 0 Å². The van der Waals surface area contributed by atoms with Gasteiger partial charge in [-0.15, -0.1) is 5.10 Å². The number of nitrogens with zero attached hydrogens (tertiary/aromatic N) is 3. The van der Waals surface area contributed by atoms with Crippen LogP contribution in [0, 0.1) is 11.6 Å². The zero-order chi connectivity index (χ0) is 14.0. The van der Waals surface area contributed by atoms with E-state index in [-0.39, 0.29) is 17.8 Å². The van der Waals surface area contributed by atoms with Crippen molar-refractivity contribution in [2.45, 2.75) is 19.9 Å². The Labute approximate surface area is 107 Å². The fraction of sp³-hybridized carbons (Fsp3) is 0.250. The minimum atomic E-state index is -1.19. The largest absolute Gasteiger partial charge is 0.476 e. The van der Waals surface area contributed by atoms with Crippen LogP contribution in [0.1, 0.15) is 28.7 Å². The number of halogens is 2. The molecular formula is C12H11F2N3O2. The highest BCUT2D eigenvalue weighted by atomic mass is 19.2. The Kier molecular flexibility index (Phi) is 3.55. The summed E-state index contributed by atoms with van der Waals surface area (Å²) in [4.78, 5) is 10.9. The molecule has 2 rings (SSSR count). The summed E-state index contributed by atoms with van der Waals surface area (Å²) < 4.78 is 27.9. The van der Waals surface area contributed by atoms with Gasteiger partial charge < -0.3 is 5.11 Å². The monoisotopic (exact) mass is 267 g/mol. The van der Waals surface area contributed by atoms with E-state index >= 15 is 0 Å². The van der Waals surface area contributed by atoms with Crippen LogP contribution in [0.25, 0.3) is 0 Å². The van der Waals surface area contributed by atoms with Crippen LogP contribution in [0.3, 0.4) is 0 Å². The first-order valence-electron chi connectivity index (χ1n) is 5.63. The molecule has 0 saturated heterocycles. The van der Waals surface area contributed by atoms with Gasteiger partial charge in [-0.2, -0.15) is 0 Å². The van der Waals surface area contributed by atoms with Crippen molar-refractivity contribution in [1.82, 2.24) is 15.0 Å². The van der Waals surface area contributed by atoms with Crippen LogP contribution < -0.4 is 0 Å². The van der Waals surface area contributed by atoms with Gasteiger partial charge in [-0.3, -0.25) is 0 Å². The topological polar surface area (TPSA) is 68.0 Å². The van der Waals surface area contributed by atoms with Crippen molar-refractivity contribution in [3.05, 3.63) is 46.8 Å². The maximum absolute atomic E-state index is 13.5. The van der Waals surface area contributed by atoms with E-state index in [0.717, 1.165) is 6.07 Å². The molecule has 7 heteroatoms. The Morgan fingerprint density at radius 2 is 2.16 bits per heavy atom. The third-order valence-electron chi connectivity index (χ3n) is 2.73. The molecule has 0 radical (unpaired) electrons. The first-order chi connectivity index (χ1) is 9.04. The molecule has 0 aliphatic heterocycles. The molecule has 5 nitrogen and oxygen atoms in total. The van der Waals surface area contributed by atoms with Crippen LogP contribution in [0.5, 0.6) is 0 Å². The molecule has 1 N–H and O–H groups in total. The third-order valence-corrected chi connectivity index (χ3v) is 2.73. The van der Waals surface area contributed by atoms with Gasteiger partial charge in [-0.25, -0.2) is 18.3 Å². The molecule has 0 amide bonds. The van der Waals surface area contributed by atoms with E-state index in [1.807, 2.05) is 0 Å². The smallest absolute Gasteiger partial charge is 0.358 e. The second-order valence-corrected chi connectivity index (χ2v) is 3.91. The average molecular weight is 267 g/mol. The molecule has 0 fully saturated rings. The lowest BCUT2D eigenvalue weighted by molar-refractivity contribution is 0.0689. The highest BCUT2D eigenvalue weighted by molar-refractivity contribution is 5.86. The van der Waals surface area contributed by atoms with Crippen LogP contribution in [-0.2, 0) is 13.0 Å². The third kappa shape index (κ3) is 2.44. The van der Waals surface area contributed by atoms with Gasteiger partial charge in [0.1, 0.15) is 0 Å². The normalized spacial score (nSPS) is 10.7. The first-order valence-corrected chi connectivity index (χ1v) is 5.63. The molecule has 0 aliphatic rings. The van der Waals surface area contributed by atoms with Gasteiger partial charge in [0, 0.05) is 5.56 Å². The molecule has 2 aromatic rings. The SMILES string of the molecule is CCc1c(C(=O)O)nnn1Cc1cccc(F)c1F. The molecular weight excluding hydrogens is 256 g/mol. The van der Waals surface area contributed by atoms with Crippen molar-refractivity contribution in [2.24, 2.45) is 0 Å². The molecule has 0 bridgehead atoms. The van der Waals surface area contributed by atoms with Gasteiger partial charge in [0.25, 0.3) is 0 Å². The van der Waals surface area contributed by atoms with E-state index in [9.17, 15) is 13.6 Å². The molecule has 100 valence electrons. The number of benzene rings is 1. The Morgan fingerprint density at radius 3 is 2.79 bits per heavy atom. The Morgan fingerprint density at radius 1 is 1.42 bits per heavy atom. The van der Waals surface area contributed by atoms with E-state index < -0.39 is 17.6 Å². The molecule has 0 spiro atoms. The highest BCUT2D eigenvalue weighted by Crippen LogP contribution is 2.15. The second kappa shape index (κ2) is 5.13. The van der Waals surface area contributed by atoms with Gasteiger partial charge in [-0.1, -0.05) is 24.3 Å². The summed E-state index contributed by atoms with van der Waals surface area (Å²) in [6.07, 6.45) is 0.381. The molecule has 0 unspecified atom stereocenters. The molecule has 0 aliphatic carbocycles. The number of aromatic carboxylic acids is 1. The fourth-order valence-corrected chi connectivity index (χ4v) is 1.81. The lowest BCUT2D eigenvalue weighted by atomic mass is 10.2. The summed E-state index contributed by atoms with van der Waals surface area (Å²) in [5.41, 5.74) is 0.298. The highest BCUT2D eigenvalue weighted by Gasteiger charge is 2.18. The summed E-state index contributed by atoms with van der Waals surface area (Å²) in [5.74, 6) is -3.10. The van der Waals surface area contributed by atoms with Crippen LogP contribution in [-0.4, -0.2) is 26.1 Å². The van der Waals surface area contributed by atoms with E-state index in [1.165, 1.54) is 16.8 Å². The molecule has 1 heterocycles. The Hall–Kier alpha value is -2.31. The number of carboxylic acids is 1. The summed E-state index contributed by atoms with van der Waals surface area (Å²) in [6.45, 7) is 1.68. The number of carbonyl (C=O) groups is 1. The van der Waals surface area contributed by atoms with Gasteiger partial charge in [0.2, 0.25) is 0 Å². The van der Waals surface area contributed by atoms with Crippen molar-refractivity contribution in [3.8, 4) is 0 Å². The zero-order valence-electron chi connectivity index (χ0n) is 10.1. The summed E-state index contributed by atoms with van der Waals surface area (Å²) in [6, 6.07) is 3.82. The van der Waals surface area contributed by atoms with Gasteiger partial charge in [0.05, 0.1) is 12.2 Å². The standard InChI is InChI=1S/C12H11F2N3O2/c1-2-9-11(12(18)19)15-16-17(9)6-7-4-3-5-8(13)10(7)14/h3-5H,2,6H2,1H3,(H,18,19). The van der Waals surface area contributed by atoms with Gasteiger partial charge in [0.15, 0.2) is 17.3 Å². The number of aromatic nitrogens is 3. The minimum absolute atomic E-state index is 0.0625. The van der Waals surface area contributed by atoms with Crippen molar-refractivity contribution in [1.29, 1.82) is 0 Å². The fourth-order valence-electron chi connectivity index (χ4n) is 1.81. The van der Waals surface area contributed by atoms with Crippen molar-refractivity contribution in [3.63, 3.8) is 0 Å². The van der Waals surface area contributed by atoms with Crippen LogP contribution in [0.15, 0.2) is 18.2 Å². The van der Waals surface area contributed by atoms with Gasteiger partial charge in [-0.05, 0) is 12.5 Å². The number of carboxylic acid groups (broad SMARTS) is 1. The molecule has 0 saturated carbocycles. The summed E-state index contributed by atoms with van der Waals surface area (Å²) in [7, 11) is 0. The quantitative estimate of drug-likeness (QED) is 0.918. The van der Waals surface area contributed by atoms with E-state index in [0.29, 0.717) is 12.1 Å². The molecule has 0 atom stereocenters. The van der Waals surface area contributed by atoms with Crippen molar-refractivity contribution in [2.75, 3.05) is 0 Å². The van der Waals surface area contributed by atoms with E-state index in [2.05, 4.69) is 10.3 Å². The number of hydrogen-bond donors (Lipinski definition) is 1. The van der Waals surface area contributed by atoms with Crippen LogP contribution >= 0.6 is 0 Å². The lowest BCUT2D eigenvalue weighted by Gasteiger charge is -2.06. The maximum Gasteiger partial charge on any atom is 0.358 e. The Balaban J connectivity index is 2.39. The minimum Gasteiger partial charge on any atom is -0.476 e. The van der Waals surface area contributed by atoms with Crippen molar-refractivity contribution >= 4 is 5.97 Å². The van der Waals surface area contributed by atoms with E-state index in [1.54, 1.807) is 6.92 Å².